The van der Waals surface area contributed by atoms with Crippen LogP contribution in [0, 0.1) is 13.8 Å². The maximum absolute atomic E-state index is 12.4. The number of aryl methyl sites for hydroxylation is 2. The third kappa shape index (κ3) is 5.55. The second kappa shape index (κ2) is 10.00. The van der Waals surface area contributed by atoms with Gasteiger partial charge in [0.25, 0.3) is 0 Å². The van der Waals surface area contributed by atoms with Crippen molar-refractivity contribution in [3.05, 3.63) is 64.4 Å². The number of anilines is 1. The number of rotatable bonds is 8. The second-order valence-corrected chi connectivity index (χ2v) is 8.32. The average molecular weight is 445 g/mol. The molecule has 1 heterocycles. The zero-order valence-corrected chi connectivity index (χ0v) is 19.0. The fraction of sp³-hybridized carbons (Fsp3) is 0.318. The number of nitrogens with one attached hydrogen (secondary N) is 1. The molecule has 158 valence electrons. The van der Waals surface area contributed by atoms with Crippen LogP contribution in [-0.2, 0) is 11.3 Å². The van der Waals surface area contributed by atoms with E-state index in [4.69, 9.17) is 16.3 Å². The van der Waals surface area contributed by atoms with Crippen molar-refractivity contribution in [2.75, 3.05) is 11.1 Å². The highest BCUT2D eigenvalue weighted by Crippen LogP contribution is 2.26. The number of carbonyl (C=O) groups excluding carboxylic acids is 1. The van der Waals surface area contributed by atoms with Crippen LogP contribution in [0.1, 0.15) is 36.9 Å². The molecule has 0 bridgehead atoms. The van der Waals surface area contributed by atoms with Crippen LogP contribution in [0.4, 0.5) is 5.69 Å². The molecule has 3 aromatic rings. The van der Waals surface area contributed by atoms with Crippen molar-refractivity contribution in [2.24, 2.45) is 0 Å². The minimum absolute atomic E-state index is 0.0846. The summed E-state index contributed by atoms with van der Waals surface area (Å²) in [4.78, 5) is 12.4. The molecule has 0 saturated heterocycles. The normalized spacial score (nSPS) is 11.9. The van der Waals surface area contributed by atoms with Crippen molar-refractivity contribution in [1.82, 2.24) is 14.8 Å². The standard InChI is InChI=1S/C22H25ClN4O2S/c1-5-27-21(16(4)29-19-8-6-7-17(23)12-19)25-26-22(27)30-13-20(28)24-18-10-9-14(2)15(3)11-18/h6-12,16H,5,13H2,1-4H3,(H,24,28). The maximum Gasteiger partial charge on any atom is 0.234 e. The Labute approximate surface area is 186 Å². The molecule has 1 atom stereocenters. The first-order valence-corrected chi connectivity index (χ1v) is 11.1. The van der Waals surface area contributed by atoms with Crippen LogP contribution < -0.4 is 10.1 Å². The molecule has 0 fully saturated rings. The van der Waals surface area contributed by atoms with Gasteiger partial charge in [0, 0.05) is 17.3 Å². The molecule has 1 N–H and O–H groups in total. The van der Waals surface area contributed by atoms with E-state index in [-0.39, 0.29) is 17.8 Å². The largest absolute Gasteiger partial charge is 0.483 e. The van der Waals surface area contributed by atoms with E-state index in [1.165, 1.54) is 17.3 Å². The Morgan fingerprint density at radius 3 is 2.70 bits per heavy atom. The van der Waals surface area contributed by atoms with Crippen molar-refractivity contribution in [1.29, 1.82) is 0 Å². The Hall–Kier alpha value is -2.51. The van der Waals surface area contributed by atoms with Gasteiger partial charge in [-0.2, -0.15) is 0 Å². The lowest BCUT2D eigenvalue weighted by atomic mass is 10.1. The van der Waals surface area contributed by atoms with Crippen molar-refractivity contribution in [2.45, 2.75) is 45.5 Å². The molecule has 1 aromatic heterocycles. The molecule has 3 rings (SSSR count). The Kier molecular flexibility index (Phi) is 7.39. The highest BCUT2D eigenvalue weighted by molar-refractivity contribution is 7.99. The number of hydrogen-bond acceptors (Lipinski definition) is 5. The van der Waals surface area contributed by atoms with Crippen LogP contribution in [0.15, 0.2) is 47.6 Å². The number of amides is 1. The van der Waals surface area contributed by atoms with Gasteiger partial charge in [-0.05, 0) is 69.2 Å². The molecule has 0 aliphatic carbocycles. The lowest BCUT2D eigenvalue weighted by Crippen LogP contribution is -2.15. The van der Waals surface area contributed by atoms with Crippen molar-refractivity contribution in [3.63, 3.8) is 0 Å². The molecule has 0 radical (unpaired) electrons. The van der Waals surface area contributed by atoms with Crippen LogP contribution >= 0.6 is 23.4 Å². The lowest BCUT2D eigenvalue weighted by Gasteiger charge is -2.15. The molecule has 1 unspecified atom stereocenters. The van der Waals surface area contributed by atoms with Crippen LogP contribution in [0.2, 0.25) is 5.02 Å². The summed E-state index contributed by atoms with van der Waals surface area (Å²) in [5, 5.41) is 12.8. The number of nitrogens with zero attached hydrogens (tertiary/aromatic N) is 3. The predicted octanol–water partition coefficient (Wildman–Crippen LogP) is 5.44. The molecule has 1 amide bonds. The van der Waals surface area contributed by atoms with E-state index in [2.05, 4.69) is 15.5 Å². The quantitative estimate of drug-likeness (QED) is 0.468. The van der Waals surface area contributed by atoms with Gasteiger partial charge in [-0.25, -0.2) is 0 Å². The van der Waals surface area contributed by atoms with Gasteiger partial charge in [-0.1, -0.05) is 35.5 Å². The summed E-state index contributed by atoms with van der Waals surface area (Å²) in [7, 11) is 0. The van der Waals surface area contributed by atoms with Crippen molar-refractivity contribution >= 4 is 35.0 Å². The lowest BCUT2D eigenvalue weighted by molar-refractivity contribution is -0.113. The molecule has 0 aliphatic rings. The van der Waals surface area contributed by atoms with Crippen molar-refractivity contribution in [3.8, 4) is 5.75 Å². The highest BCUT2D eigenvalue weighted by Gasteiger charge is 2.19. The van der Waals surface area contributed by atoms with Crippen LogP contribution in [0.25, 0.3) is 0 Å². The molecular weight excluding hydrogens is 420 g/mol. The minimum atomic E-state index is -0.311. The monoisotopic (exact) mass is 444 g/mol. The van der Waals surface area contributed by atoms with E-state index < -0.39 is 0 Å². The summed E-state index contributed by atoms with van der Waals surface area (Å²) >= 11 is 7.38. The average Bonchev–Trinajstić information content (AvgIpc) is 3.12. The third-order valence-corrected chi connectivity index (χ3v) is 5.86. The first-order chi connectivity index (χ1) is 14.4. The van der Waals surface area contributed by atoms with E-state index in [1.54, 1.807) is 12.1 Å². The van der Waals surface area contributed by atoms with E-state index in [0.29, 0.717) is 28.3 Å². The van der Waals surface area contributed by atoms with Gasteiger partial charge in [-0.3, -0.25) is 4.79 Å². The van der Waals surface area contributed by atoms with Crippen LogP contribution in [0.3, 0.4) is 0 Å². The maximum atomic E-state index is 12.4. The number of halogens is 1. The van der Waals surface area contributed by atoms with Gasteiger partial charge in [0.2, 0.25) is 5.91 Å². The zero-order chi connectivity index (χ0) is 21.7. The first-order valence-electron chi connectivity index (χ1n) is 9.72. The van der Waals surface area contributed by atoms with Gasteiger partial charge in [0.1, 0.15) is 5.75 Å². The SMILES string of the molecule is CCn1c(SCC(=O)Nc2ccc(C)c(C)c2)nnc1C(C)Oc1cccc(Cl)c1. The molecule has 0 spiro atoms. The molecule has 0 saturated carbocycles. The van der Waals surface area contributed by atoms with Crippen molar-refractivity contribution < 1.29 is 9.53 Å². The summed E-state index contributed by atoms with van der Waals surface area (Å²) in [6.45, 7) is 8.67. The van der Waals surface area contributed by atoms with Gasteiger partial charge < -0.3 is 14.6 Å². The highest BCUT2D eigenvalue weighted by atomic mass is 35.5. The first kappa shape index (κ1) is 22.2. The topological polar surface area (TPSA) is 69.0 Å². The Morgan fingerprint density at radius 1 is 1.20 bits per heavy atom. The minimum Gasteiger partial charge on any atom is -0.483 e. The van der Waals surface area contributed by atoms with Gasteiger partial charge >= 0.3 is 0 Å². The molecule has 2 aromatic carbocycles. The van der Waals surface area contributed by atoms with Gasteiger partial charge in [-0.15, -0.1) is 10.2 Å². The Morgan fingerprint density at radius 2 is 2.00 bits per heavy atom. The van der Waals surface area contributed by atoms with Crippen LogP contribution in [0.5, 0.6) is 5.75 Å². The number of hydrogen-bond donors (Lipinski definition) is 1. The molecule has 6 nitrogen and oxygen atoms in total. The number of carbonyl (C=O) groups is 1. The van der Waals surface area contributed by atoms with Crippen LogP contribution in [-0.4, -0.2) is 26.4 Å². The number of benzene rings is 2. The van der Waals surface area contributed by atoms with E-state index in [9.17, 15) is 4.79 Å². The molecule has 0 aliphatic heterocycles. The zero-order valence-electron chi connectivity index (χ0n) is 17.5. The summed E-state index contributed by atoms with van der Waals surface area (Å²) in [6, 6.07) is 13.1. The van der Waals surface area contributed by atoms with Gasteiger partial charge in [0.05, 0.1) is 5.75 Å². The van der Waals surface area contributed by atoms with E-state index in [1.807, 2.05) is 62.6 Å². The van der Waals surface area contributed by atoms with E-state index in [0.717, 1.165) is 11.3 Å². The smallest absolute Gasteiger partial charge is 0.234 e. The molecule has 30 heavy (non-hydrogen) atoms. The molecule has 8 heteroatoms. The number of thioether (sulfide) groups is 1. The summed E-state index contributed by atoms with van der Waals surface area (Å²) in [5.41, 5.74) is 3.13. The predicted molar refractivity (Wildman–Crippen MR) is 121 cm³/mol. The fourth-order valence-corrected chi connectivity index (χ4v) is 3.94. The summed E-state index contributed by atoms with van der Waals surface area (Å²) in [6.07, 6.45) is -0.311. The Bertz CT molecular complexity index is 1040. The number of aromatic nitrogens is 3. The molecular formula is C22H25ClN4O2S. The van der Waals surface area contributed by atoms with Gasteiger partial charge in [0.15, 0.2) is 17.1 Å². The number of ether oxygens (including phenoxy) is 1. The van der Waals surface area contributed by atoms with E-state index >= 15 is 0 Å². The summed E-state index contributed by atoms with van der Waals surface area (Å²) < 4.78 is 7.93. The Balaban J connectivity index is 1.63. The summed E-state index contributed by atoms with van der Waals surface area (Å²) in [5.74, 6) is 1.53. The fourth-order valence-electron chi connectivity index (χ4n) is 2.95. The second-order valence-electron chi connectivity index (χ2n) is 6.94. The third-order valence-electron chi connectivity index (χ3n) is 4.66.